The van der Waals surface area contributed by atoms with E-state index in [0.717, 1.165) is 23.1 Å². The fourth-order valence-electron chi connectivity index (χ4n) is 2.04. The van der Waals surface area contributed by atoms with E-state index in [1.807, 2.05) is 38.1 Å². The maximum absolute atomic E-state index is 10.4. The highest BCUT2D eigenvalue weighted by Crippen LogP contribution is 2.25. The zero-order chi connectivity index (χ0) is 13.8. The van der Waals surface area contributed by atoms with Crippen LogP contribution >= 0.6 is 0 Å². The Labute approximate surface area is 111 Å². The van der Waals surface area contributed by atoms with Crippen molar-refractivity contribution in [3.05, 3.63) is 74.8 Å². The Hall–Kier alpha value is -2.36. The van der Waals surface area contributed by atoms with Crippen LogP contribution in [0.3, 0.4) is 0 Å². The minimum Gasteiger partial charge on any atom is -0.276 e. The first kappa shape index (κ1) is 13.1. The van der Waals surface area contributed by atoms with Gasteiger partial charge in [-0.3, -0.25) is 4.84 Å². The first-order valence-electron chi connectivity index (χ1n) is 6.03. The van der Waals surface area contributed by atoms with Crippen LogP contribution in [-0.2, 0) is 6.42 Å². The number of nitrogens with zero attached hydrogens (tertiary/aromatic N) is 1. The van der Waals surface area contributed by atoms with Gasteiger partial charge in [0.15, 0.2) is 0 Å². The Morgan fingerprint density at radius 3 is 2.37 bits per heavy atom. The van der Waals surface area contributed by atoms with Crippen LogP contribution in [0.2, 0.25) is 0 Å². The molecule has 0 aliphatic rings. The highest BCUT2D eigenvalue weighted by Gasteiger charge is 2.09. The Balaban J connectivity index is 2.28. The van der Waals surface area contributed by atoms with Gasteiger partial charge in [-0.2, -0.15) is 0 Å². The Kier molecular flexibility index (Phi) is 3.80. The van der Waals surface area contributed by atoms with E-state index in [1.54, 1.807) is 6.07 Å². The van der Waals surface area contributed by atoms with Crippen LogP contribution in [0, 0.1) is 24.0 Å². The van der Waals surface area contributed by atoms with Crippen LogP contribution in [0.25, 0.3) is 0 Å². The van der Waals surface area contributed by atoms with Gasteiger partial charge in [0.2, 0.25) is 0 Å². The highest BCUT2D eigenvalue weighted by molar-refractivity contribution is 5.44. The van der Waals surface area contributed by atoms with E-state index in [9.17, 15) is 10.1 Å². The SMILES string of the molecule is Cc1c(Cc2ccccc2)ccc(O[N+](=O)[O-])c1C. The van der Waals surface area contributed by atoms with Crippen molar-refractivity contribution in [1.29, 1.82) is 0 Å². The molecule has 98 valence electrons. The van der Waals surface area contributed by atoms with Crippen LogP contribution in [-0.4, -0.2) is 5.09 Å². The van der Waals surface area contributed by atoms with Crippen LogP contribution < -0.4 is 4.84 Å². The third-order valence-corrected chi connectivity index (χ3v) is 3.26. The lowest BCUT2D eigenvalue weighted by molar-refractivity contribution is -0.711. The summed E-state index contributed by atoms with van der Waals surface area (Å²) in [4.78, 5) is 14.9. The maximum Gasteiger partial charge on any atom is 0.299 e. The number of rotatable bonds is 4. The van der Waals surface area contributed by atoms with Crippen molar-refractivity contribution >= 4 is 0 Å². The Bertz CT molecular complexity index is 594. The molecule has 2 aromatic carbocycles. The van der Waals surface area contributed by atoms with Crippen LogP contribution in [0.5, 0.6) is 5.75 Å². The summed E-state index contributed by atoms with van der Waals surface area (Å²) in [7, 11) is 0. The summed E-state index contributed by atoms with van der Waals surface area (Å²) >= 11 is 0. The molecule has 0 heterocycles. The van der Waals surface area contributed by atoms with Crippen molar-refractivity contribution in [3.8, 4) is 5.75 Å². The summed E-state index contributed by atoms with van der Waals surface area (Å²) in [5, 5.41) is 9.61. The topological polar surface area (TPSA) is 52.4 Å². The summed E-state index contributed by atoms with van der Waals surface area (Å²) in [5.41, 5.74) is 4.21. The largest absolute Gasteiger partial charge is 0.299 e. The van der Waals surface area contributed by atoms with Crippen molar-refractivity contribution < 1.29 is 9.92 Å². The molecule has 0 saturated carbocycles. The molecular formula is C15H15NO3. The van der Waals surface area contributed by atoms with Gasteiger partial charge in [-0.05, 0) is 48.6 Å². The molecule has 4 nitrogen and oxygen atoms in total. The van der Waals surface area contributed by atoms with Crippen LogP contribution in [0.4, 0.5) is 0 Å². The van der Waals surface area contributed by atoms with Gasteiger partial charge in [0.05, 0.1) is 0 Å². The fraction of sp³-hybridized carbons (Fsp3) is 0.200. The second-order valence-corrected chi connectivity index (χ2v) is 4.45. The lowest BCUT2D eigenvalue weighted by Gasteiger charge is -2.12. The fourth-order valence-corrected chi connectivity index (χ4v) is 2.04. The van der Waals surface area contributed by atoms with Gasteiger partial charge in [-0.15, -0.1) is 10.1 Å². The maximum atomic E-state index is 10.4. The normalized spacial score (nSPS) is 10.2. The van der Waals surface area contributed by atoms with E-state index in [-0.39, 0.29) is 0 Å². The van der Waals surface area contributed by atoms with Crippen LogP contribution in [0.1, 0.15) is 22.3 Å². The predicted octanol–water partition coefficient (Wildman–Crippen LogP) is 3.46. The average molecular weight is 257 g/mol. The molecule has 4 heteroatoms. The number of benzene rings is 2. The minimum absolute atomic E-state index is 0.305. The lowest BCUT2D eigenvalue weighted by atomic mass is 9.97. The molecular weight excluding hydrogens is 242 g/mol. The van der Waals surface area contributed by atoms with Crippen molar-refractivity contribution in [2.24, 2.45) is 0 Å². The molecule has 0 fully saturated rings. The second kappa shape index (κ2) is 5.52. The summed E-state index contributed by atoms with van der Waals surface area (Å²) in [6, 6.07) is 13.7. The van der Waals surface area contributed by atoms with Crippen molar-refractivity contribution in [2.75, 3.05) is 0 Å². The number of hydrogen-bond donors (Lipinski definition) is 0. The molecule has 0 saturated heterocycles. The van der Waals surface area contributed by atoms with Gasteiger partial charge in [-0.1, -0.05) is 36.4 Å². The molecule has 2 aromatic rings. The average Bonchev–Trinajstić information content (AvgIpc) is 2.39. The van der Waals surface area contributed by atoms with Crippen LogP contribution in [0.15, 0.2) is 42.5 Å². The van der Waals surface area contributed by atoms with Gasteiger partial charge in [0, 0.05) is 0 Å². The van der Waals surface area contributed by atoms with Gasteiger partial charge in [0.1, 0.15) is 5.75 Å². The zero-order valence-corrected chi connectivity index (χ0v) is 10.9. The minimum atomic E-state index is -0.779. The summed E-state index contributed by atoms with van der Waals surface area (Å²) < 4.78 is 0. The standard InChI is InChI=1S/C15H15NO3/c1-11-12(2)15(19-16(17)18)9-8-14(11)10-13-6-4-3-5-7-13/h3-9H,10H2,1-2H3. The predicted molar refractivity (Wildman–Crippen MR) is 72.8 cm³/mol. The quantitative estimate of drug-likeness (QED) is 0.622. The summed E-state index contributed by atoms with van der Waals surface area (Å²) in [6.07, 6.45) is 0.812. The molecule has 0 N–H and O–H groups in total. The molecule has 0 spiro atoms. The molecule has 2 rings (SSSR count). The lowest BCUT2D eigenvalue weighted by Crippen LogP contribution is -2.06. The Morgan fingerprint density at radius 2 is 1.74 bits per heavy atom. The summed E-state index contributed by atoms with van der Waals surface area (Å²) in [6.45, 7) is 3.79. The first-order chi connectivity index (χ1) is 9.08. The molecule has 0 unspecified atom stereocenters. The third kappa shape index (κ3) is 3.10. The van der Waals surface area contributed by atoms with E-state index >= 15 is 0 Å². The van der Waals surface area contributed by atoms with Crippen molar-refractivity contribution in [1.82, 2.24) is 0 Å². The van der Waals surface area contributed by atoms with Gasteiger partial charge in [0.25, 0.3) is 5.09 Å². The van der Waals surface area contributed by atoms with Gasteiger partial charge >= 0.3 is 0 Å². The van der Waals surface area contributed by atoms with E-state index < -0.39 is 5.09 Å². The van der Waals surface area contributed by atoms with E-state index in [0.29, 0.717) is 5.75 Å². The van der Waals surface area contributed by atoms with Gasteiger partial charge in [-0.25, -0.2) is 0 Å². The molecule has 0 atom stereocenters. The molecule has 0 aromatic heterocycles. The summed E-state index contributed by atoms with van der Waals surface area (Å²) in [5.74, 6) is 0.305. The van der Waals surface area contributed by atoms with E-state index in [1.165, 1.54) is 5.56 Å². The smallest absolute Gasteiger partial charge is 0.276 e. The van der Waals surface area contributed by atoms with Crippen molar-refractivity contribution in [2.45, 2.75) is 20.3 Å². The molecule has 0 aliphatic heterocycles. The molecule has 0 radical (unpaired) electrons. The Morgan fingerprint density at radius 1 is 1.05 bits per heavy atom. The molecule has 0 bridgehead atoms. The monoisotopic (exact) mass is 257 g/mol. The van der Waals surface area contributed by atoms with Gasteiger partial charge < -0.3 is 0 Å². The molecule has 0 amide bonds. The second-order valence-electron chi connectivity index (χ2n) is 4.45. The first-order valence-corrected chi connectivity index (χ1v) is 6.03. The number of hydrogen-bond acceptors (Lipinski definition) is 3. The molecule has 19 heavy (non-hydrogen) atoms. The molecule has 0 aliphatic carbocycles. The van der Waals surface area contributed by atoms with Crippen molar-refractivity contribution in [3.63, 3.8) is 0 Å². The zero-order valence-electron chi connectivity index (χ0n) is 10.9. The van der Waals surface area contributed by atoms with E-state index in [4.69, 9.17) is 0 Å². The highest BCUT2D eigenvalue weighted by atomic mass is 17.0. The van der Waals surface area contributed by atoms with E-state index in [2.05, 4.69) is 17.0 Å². The third-order valence-electron chi connectivity index (χ3n) is 3.26.